The van der Waals surface area contributed by atoms with Crippen LogP contribution in [0.4, 0.5) is 0 Å². The van der Waals surface area contributed by atoms with Gasteiger partial charge >= 0.3 is 0 Å². The second-order valence-corrected chi connectivity index (χ2v) is 5.75. The second kappa shape index (κ2) is 10.3. The van der Waals surface area contributed by atoms with E-state index in [0.29, 0.717) is 13.1 Å². The van der Waals surface area contributed by atoms with Crippen molar-refractivity contribution in [2.75, 3.05) is 6.54 Å². The van der Waals surface area contributed by atoms with Crippen LogP contribution in [0, 0.1) is 20.8 Å². The first-order valence-electron chi connectivity index (χ1n) is 8.09. The monoisotopic (exact) mass is 438 g/mol. The molecule has 1 aromatic heterocycles. The normalized spacial score (nSPS) is 10.9. The molecule has 0 aliphatic rings. The molecule has 0 unspecified atom stereocenters. The molecule has 0 fully saturated rings. The molecular formula is C19H27IN4. The van der Waals surface area contributed by atoms with E-state index in [4.69, 9.17) is 0 Å². The lowest BCUT2D eigenvalue weighted by Crippen LogP contribution is -2.37. The lowest BCUT2D eigenvalue weighted by Gasteiger charge is -2.12. The summed E-state index contributed by atoms with van der Waals surface area (Å²) in [6.45, 7) is 10.6. The zero-order valence-electron chi connectivity index (χ0n) is 14.9. The molecule has 0 aliphatic heterocycles. The molecule has 0 saturated carbocycles. The second-order valence-electron chi connectivity index (χ2n) is 5.75. The Morgan fingerprint density at radius 2 is 1.88 bits per heavy atom. The minimum absolute atomic E-state index is 0. The number of aromatic nitrogens is 1. The van der Waals surface area contributed by atoms with Crippen molar-refractivity contribution < 1.29 is 0 Å². The van der Waals surface area contributed by atoms with Crippen LogP contribution < -0.4 is 10.6 Å². The van der Waals surface area contributed by atoms with Crippen LogP contribution in [0.5, 0.6) is 0 Å². The molecule has 0 aliphatic carbocycles. The molecule has 2 N–H and O–H groups in total. The first-order valence-corrected chi connectivity index (χ1v) is 8.09. The Morgan fingerprint density at radius 1 is 1.08 bits per heavy atom. The maximum Gasteiger partial charge on any atom is 0.191 e. The SMILES string of the molecule is CCNC(=NCc1ccc(C)cc1C)NCc1ncccc1C.I. The van der Waals surface area contributed by atoms with Gasteiger partial charge in [0.25, 0.3) is 0 Å². The summed E-state index contributed by atoms with van der Waals surface area (Å²) in [7, 11) is 0. The highest BCUT2D eigenvalue weighted by atomic mass is 127. The van der Waals surface area contributed by atoms with E-state index in [1.54, 1.807) is 0 Å². The molecule has 0 atom stereocenters. The van der Waals surface area contributed by atoms with Crippen LogP contribution in [0.3, 0.4) is 0 Å². The predicted octanol–water partition coefficient (Wildman–Crippen LogP) is 3.88. The number of nitrogens with zero attached hydrogens (tertiary/aromatic N) is 2. The van der Waals surface area contributed by atoms with Gasteiger partial charge in [0.05, 0.1) is 18.8 Å². The van der Waals surface area contributed by atoms with Crippen molar-refractivity contribution in [2.24, 2.45) is 4.99 Å². The van der Waals surface area contributed by atoms with Gasteiger partial charge in [-0.3, -0.25) is 4.98 Å². The fraction of sp³-hybridized carbons (Fsp3) is 0.368. The number of benzene rings is 1. The van der Waals surface area contributed by atoms with Crippen LogP contribution in [-0.4, -0.2) is 17.5 Å². The fourth-order valence-electron chi connectivity index (χ4n) is 2.40. The molecule has 0 spiro atoms. The van der Waals surface area contributed by atoms with E-state index >= 15 is 0 Å². The van der Waals surface area contributed by atoms with Gasteiger partial charge in [-0.1, -0.05) is 29.8 Å². The summed E-state index contributed by atoms with van der Waals surface area (Å²) in [4.78, 5) is 9.09. The van der Waals surface area contributed by atoms with Crippen molar-refractivity contribution in [2.45, 2.75) is 40.8 Å². The zero-order chi connectivity index (χ0) is 16.7. The summed E-state index contributed by atoms with van der Waals surface area (Å²) in [6, 6.07) is 10.5. The van der Waals surface area contributed by atoms with Crippen LogP contribution in [0.1, 0.15) is 34.9 Å². The van der Waals surface area contributed by atoms with E-state index in [-0.39, 0.29) is 24.0 Å². The van der Waals surface area contributed by atoms with Gasteiger partial charge in [0, 0.05) is 12.7 Å². The molecular weight excluding hydrogens is 411 g/mol. The Labute approximate surface area is 162 Å². The quantitative estimate of drug-likeness (QED) is 0.423. The Bertz CT molecular complexity index is 683. The molecule has 2 aromatic rings. The van der Waals surface area contributed by atoms with Crippen LogP contribution in [0.15, 0.2) is 41.5 Å². The summed E-state index contributed by atoms with van der Waals surface area (Å²) in [5.41, 5.74) is 6.05. The van der Waals surface area contributed by atoms with Gasteiger partial charge in [0.1, 0.15) is 0 Å². The molecule has 4 nitrogen and oxygen atoms in total. The van der Waals surface area contributed by atoms with Crippen molar-refractivity contribution in [3.8, 4) is 0 Å². The number of halogens is 1. The Balaban J connectivity index is 0.00000288. The number of nitrogens with one attached hydrogen (secondary N) is 2. The largest absolute Gasteiger partial charge is 0.357 e. The number of hydrogen-bond donors (Lipinski definition) is 2. The van der Waals surface area contributed by atoms with Crippen LogP contribution in [0.25, 0.3) is 0 Å². The summed E-state index contributed by atoms with van der Waals surface area (Å²) in [6.07, 6.45) is 1.82. The number of hydrogen-bond acceptors (Lipinski definition) is 2. The van der Waals surface area contributed by atoms with Crippen LogP contribution in [-0.2, 0) is 13.1 Å². The summed E-state index contributed by atoms with van der Waals surface area (Å²) < 4.78 is 0. The molecule has 0 bridgehead atoms. The van der Waals surface area contributed by atoms with Crippen LogP contribution >= 0.6 is 24.0 Å². The summed E-state index contributed by atoms with van der Waals surface area (Å²) in [5.74, 6) is 0.817. The number of aliphatic imine (C=N–C) groups is 1. The average Bonchev–Trinajstić information content (AvgIpc) is 2.53. The van der Waals surface area contributed by atoms with Gasteiger partial charge < -0.3 is 10.6 Å². The van der Waals surface area contributed by atoms with Gasteiger partial charge in [0.15, 0.2) is 5.96 Å². The first-order chi connectivity index (χ1) is 11.1. The Hall–Kier alpha value is -1.63. The highest BCUT2D eigenvalue weighted by molar-refractivity contribution is 14.0. The molecule has 0 radical (unpaired) electrons. The molecule has 1 aromatic carbocycles. The number of rotatable bonds is 5. The van der Waals surface area contributed by atoms with E-state index in [1.807, 2.05) is 12.3 Å². The van der Waals surface area contributed by atoms with Crippen molar-refractivity contribution in [1.29, 1.82) is 0 Å². The van der Waals surface area contributed by atoms with Gasteiger partial charge in [0.2, 0.25) is 0 Å². The van der Waals surface area contributed by atoms with Crippen molar-refractivity contribution >= 4 is 29.9 Å². The Kier molecular flexibility index (Phi) is 8.74. The smallest absolute Gasteiger partial charge is 0.191 e. The first kappa shape index (κ1) is 20.4. The molecule has 130 valence electrons. The molecule has 5 heteroatoms. The third kappa shape index (κ3) is 6.11. The van der Waals surface area contributed by atoms with E-state index in [9.17, 15) is 0 Å². The molecule has 1 heterocycles. The molecule has 2 rings (SSSR count). The van der Waals surface area contributed by atoms with Crippen molar-refractivity contribution in [3.05, 3.63) is 64.5 Å². The van der Waals surface area contributed by atoms with Crippen molar-refractivity contribution in [1.82, 2.24) is 15.6 Å². The minimum atomic E-state index is 0. The topological polar surface area (TPSA) is 49.3 Å². The van der Waals surface area contributed by atoms with E-state index in [1.165, 1.54) is 22.3 Å². The molecule has 0 amide bonds. The van der Waals surface area contributed by atoms with E-state index in [0.717, 1.165) is 18.2 Å². The van der Waals surface area contributed by atoms with E-state index in [2.05, 4.69) is 72.6 Å². The van der Waals surface area contributed by atoms with Gasteiger partial charge in [-0.05, 0) is 50.5 Å². The number of pyridine rings is 1. The standard InChI is InChI=1S/C19H26N4.HI/c1-5-20-19(23-13-18-15(3)7-6-10-21-18)22-12-17-9-8-14(2)11-16(17)4;/h6-11H,5,12-13H2,1-4H3,(H2,20,22,23);1H. The highest BCUT2D eigenvalue weighted by Gasteiger charge is 2.03. The summed E-state index contributed by atoms with van der Waals surface area (Å²) >= 11 is 0. The lowest BCUT2D eigenvalue weighted by molar-refractivity contribution is 0.794. The minimum Gasteiger partial charge on any atom is -0.357 e. The molecule has 0 saturated heterocycles. The number of aryl methyl sites for hydroxylation is 3. The molecule has 24 heavy (non-hydrogen) atoms. The third-order valence-electron chi connectivity index (χ3n) is 3.79. The summed E-state index contributed by atoms with van der Waals surface area (Å²) in [5, 5.41) is 6.64. The zero-order valence-corrected chi connectivity index (χ0v) is 17.2. The maximum absolute atomic E-state index is 4.69. The third-order valence-corrected chi connectivity index (χ3v) is 3.79. The lowest BCUT2D eigenvalue weighted by atomic mass is 10.1. The highest BCUT2D eigenvalue weighted by Crippen LogP contribution is 2.11. The van der Waals surface area contributed by atoms with Crippen LogP contribution in [0.2, 0.25) is 0 Å². The Morgan fingerprint density at radius 3 is 2.54 bits per heavy atom. The van der Waals surface area contributed by atoms with E-state index < -0.39 is 0 Å². The number of guanidine groups is 1. The average molecular weight is 438 g/mol. The van der Waals surface area contributed by atoms with Gasteiger partial charge in [-0.2, -0.15) is 0 Å². The fourth-order valence-corrected chi connectivity index (χ4v) is 2.40. The van der Waals surface area contributed by atoms with Gasteiger partial charge in [-0.25, -0.2) is 4.99 Å². The van der Waals surface area contributed by atoms with Crippen molar-refractivity contribution in [3.63, 3.8) is 0 Å². The van der Waals surface area contributed by atoms with Gasteiger partial charge in [-0.15, -0.1) is 24.0 Å². The predicted molar refractivity (Wildman–Crippen MR) is 112 cm³/mol. The maximum atomic E-state index is 4.69.